The molecule has 0 bridgehead atoms. The van der Waals surface area contributed by atoms with Gasteiger partial charge < -0.3 is 9.80 Å². The number of rotatable bonds is 8. The van der Waals surface area contributed by atoms with Crippen LogP contribution in [0.2, 0.25) is 0 Å². The molecule has 8 heteroatoms. The summed E-state index contributed by atoms with van der Waals surface area (Å²) in [5.41, 5.74) is 3.28. The Hall–Kier alpha value is -4.30. The summed E-state index contributed by atoms with van der Waals surface area (Å²) in [6, 6.07) is 30.7. The van der Waals surface area contributed by atoms with Gasteiger partial charge in [-0.1, -0.05) is 78.9 Å². The largest absolute Gasteiger partial charge is 0.353 e. The molecule has 1 fully saturated rings. The van der Waals surface area contributed by atoms with Crippen molar-refractivity contribution >= 4 is 23.0 Å². The summed E-state index contributed by atoms with van der Waals surface area (Å²) in [4.78, 5) is 27.1. The Morgan fingerprint density at radius 1 is 0.838 bits per heavy atom. The first-order valence-electron chi connectivity index (χ1n) is 12.6. The molecule has 0 saturated carbocycles. The summed E-state index contributed by atoms with van der Waals surface area (Å²) >= 11 is 0. The summed E-state index contributed by atoms with van der Waals surface area (Å²) in [6.45, 7) is 5.27. The fourth-order valence-corrected chi connectivity index (χ4v) is 5.09. The Morgan fingerprint density at radius 2 is 1.38 bits per heavy atom. The minimum Gasteiger partial charge on any atom is -0.348 e. The number of piperazine rings is 1. The third-order valence-corrected chi connectivity index (χ3v) is 6.82. The van der Waals surface area contributed by atoms with Crippen molar-refractivity contribution in [1.82, 2.24) is 14.9 Å². The summed E-state index contributed by atoms with van der Waals surface area (Å²) in [5, 5.41) is 12.3. The Bertz CT molecular complexity index is 1270. The third kappa shape index (κ3) is 5.15. The van der Waals surface area contributed by atoms with Gasteiger partial charge in [0.2, 0.25) is 11.6 Å². The number of hydrogen-bond donors (Lipinski definition) is 0. The second-order valence-electron chi connectivity index (χ2n) is 8.95. The third-order valence-electron chi connectivity index (χ3n) is 6.82. The molecule has 0 spiro atoms. The summed E-state index contributed by atoms with van der Waals surface area (Å²) in [7, 11) is 0. The molecule has 4 aromatic rings. The Morgan fingerprint density at radius 3 is 1.89 bits per heavy atom. The van der Waals surface area contributed by atoms with Crippen LogP contribution in [-0.4, -0.2) is 52.5 Å². The van der Waals surface area contributed by atoms with Crippen molar-refractivity contribution in [3.05, 3.63) is 119 Å². The standard InChI is InChI=1S/C29H30N6O2/c1-2-34(25-16-10-5-11-17-25)29-27(35(36)37)28(30-22-31-29)33-20-18-32(19-21-33)26(23-12-6-3-7-13-23)24-14-8-4-9-15-24/h3-17,22,26H,2,18-21H2,1H3. The highest BCUT2D eigenvalue weighted by Gasteiger charge is 2.33. The van der Waals surface area contributed by atoms with E-state index in [-0.39, 0.29) is 16.7 Å². The number of benzene rings is 3. The lowest BCUT2D eigenvalue weighted by Crippen LogP contribution is -2.48. The minimum atomic E-state index is -0.348. The number of para-hydroxylation sites is 1. The highest BCUT2D eigenvalue weighted by atomic mass is 16.6. The lowest BCUT2D eigenvalue weighted by Gasteiger charge is -2.40. The minimum absolute atomic E-state index is 0.0516. The van der Waals surface area contributed by atoms with Gasteiger partial charge >= 0.3 is 5.69 Å². The molecule has 1 saturated heterocycles. The van der Waals surface area contributed by atoms with Crippen molar-refractivity contribution in [2.45, 2.75) is 13.0 Å². The molecule has 1 aromatic heterocycles. The zero-order valence-corrected chi connectivity index (χ0v) is 20.9. The molecule has 37 heavy (non-hydrogen) atoms. The molecule has 0 amide bonds. The molecule has 3 aromatic carbocycles. The van der Waals surface area contributed by atoms with Crippen LogP contribution in [0, 0.1) is 10.1 Å². The van der Waals surface area contributed by atoms with E-state index in [0.29, 0.717) is 31.3 Å². The second kappa shape index (κ2) is 11.2. The molecule has 0 aliphatic carbocycles. The Kier molecular flexibility index (Phi) is 7.37. The summed E-state index contributed by atoms with van der Waals surface area (Å²) < 4.78 is 0. The predicted molar refractivity (Wildman–Crippen MR) is 146 cm³/mol. The molecular weight excluding hydrogens is 464 g/mol. The molecule has 5 rings (SSSR count). The lowest BCUT2D eigenvalue weighted by atomic mass is 9.96. The van der Waals surface area contributed by atoms with Crippen LogP contribution in [0.25, 0.3) is 0 Å². The van der Waals surface area contributed by atoms with E-state index >= 15 is 0 Å². The Labute approximate surface area is 217 Å². The van der Waals surface area contributed by atoms with Gasteiger partial charge in [0, 0.05) is 38.4 Å². The molecule has 1 aliphatic rings. The van der Waals surface area contributed by atoms with Crippen LogP contribution in [0.15, 0.2) is 97.3 Å². The van der Waals surface area contributed by atoms with Crippen molar-refractivity contribution in [3.8, 4) is 0 Å². The summed E-state index contributed by atoms with van der Waals surface area (Å²) in [5.74, 6) is 0.692. The SMILES string of the molecule is CCN(c1ccccc1)c1ncnc(N2CCN(C(c3ccccc3)c3ccccc3)CC2)c1[N+](=O)[O-]. The molecule has 0 unspecified atom stereocenters. The number of nitro groups is 1. The van der Waals surface area contributed by atoms with E-state index in [1.165, 1.54) is 17.5 Å². The van der Waals surface area contributed by atoms with Gasteiger partial charge in [-0.2, -0.15) is 0 Å². The van der Waals surface area contributed by atoms with E-state index in [9.17, 15) is 10.1 Å². The highest BCUT2D eigenvalue weighted by Crippen LogP contribution is 2.38. The second-order valence-corrected chi connectivity index (χ2v) is 8.95. The molecule has 8 nitrogen and oxygen atoms in total. The van der Waals surface area contributed by atoms with Gasteiger partial charge in [0.15, 0.2) is 0 Å². The van der Waals surface area contributed by atoms with Gasteiger partial charge in [-0.05, 0) is 30.2 Å². The van der Waals surface area contributed by atoms with Gasteiger partial charge in [0.05, 0.1) is 11.0 Å². The number of anilines is 3. The van der Waals surface area contributed by atoms with Gasteiger partial charge in [-0.15, -0.1) is 0 Å². The predicted octanol–water partition coefficient (Wildman–Crippen LogP) is 5.45. The number of aromatic nitrogens is 2. The quantitative estimate of drug-likeness (QED) is 0.238. The van der Waals surface area contributed by atoms with E-state index < -0.39 is 0 Å². The van der Waals surface area contributed by atoms with E-state index in [1.807, 2.05) is 59.2 Å². The van der Waals surface area contributed by atoms with Crippen LogP contribution in [0.4, 0.5) is 23.0 Å². The molecular formula is C29H30N6O2. The molecule has 0 atom stereocenters. The van der Waals surface area contributed by atoms with Crippen LogP contribution in [0.3, 0.4) is 0 Å². The molecule has 2 heterocycles. The van der Waals surface area contributed by atoms with Crippen molar-refractivity contribution in [3.63, 3.8) is 0 Å². The Balaban J connectivity index is 1.43. The molecule has 0 N–H and O–H groups in total. The normalized spacial score (nSPS) is 14.1. The first-order chi connectivity index (χ1) is 18.2. The van der Waals surface area contributed by atoms with E-state index in [1.54, 1.807) is 0 Å². The lowest BCUT2D eigenvalue weighted by molar-refractivity contribution is -0.383. The first kappa shape index (κ1) is 24.4. The van der Waals surface area contributed by atoms with Gasteiger partial charge in [-0.3, -0.25) is 15.0 Å². The topological polar surface area (TPSA) is 78.6 Å². The number of hydrogen-bond acceptors (Lipinski definition) is 7. The van der Waals surface area contributed by atoms with Crippen molar-refractivity contribution in [1.29, 1.82) is 0 Å². The number of nitrogens with zero attached hydrogens (tertiary/aromatic N) is 6. The van der Waals surface area contributed by atoms with Crippen LogP contribution in [0.1, 0.15) is 24.1 Å². The zero-order valence-electron chi connectivity index (χ0n) is 20.9. The maximum Gasteiger partial charge on any atom is 0.353 e. The van der Waals surface area contributed by atoms with E-state index in [2.05, 4.69) is 63.4 Å². The average molecular weight is 495 g/mol. The fraction of sp³-hybridized carbons (Fsp3) is 0.241. The molecule has 0 radical (unpaired) electrons. The summed E-state index contributed by atoms with van der Waals surface area (Å²) in [6.07, 6.45) is 1.44. The van der Waals surface area contributed by atoms with Crippen LogP contribution in [0.5, 0.6) is 0 Å². The fourth-order valence-electron chi connectivity index (χ4n) is 5.09. The maximum atomic E-state index is 12.3. The van der Waals surface area contributed by atoms with Gasteiger partial charge in [-0.25, -0.2) is 9.97 Å². The van der Waals surface area contributed by atoms with E-state index in [4.69, 9.17) is 0 Å². The smallest absolute Gasteiger partial charge is 0.348 e. The highest BCUT2D eigenvalue weighted by molar-refractivity contribution is 5.76. The zero-order chi connectivity index (χ0) is 25.6. The maximum absolute atomic E-state index is 12.3. The monoisotopic (exact) mass is 494 g/mol. The molecule has 1 aliphatic heterocycles. The van der Waals surface area contributed by atoms with Gasteiger partial charge in [0.25, 0.3) is 0 Å². The van der Waals surface area contributed by atoms with Crippen LogP contribution in [-0.2, 0) is 0 Å². The first-order valence-corrected chi connectivity index (χ1v) is 12.6. The average Bonchev–Trinajstić information content (AvgIpc) is 2.95. The van der Waals surface area contributed by atoms with Crippen LogP contribution >= 0.6 is 0 Å². The molecule has 188 valence electrons. The van der Waals surface area contributed by atoms with Crippen molar-refractivity contribution in [2.75, 3.05) is 42.5 Å². The van der Waals surface area contributed by atoms with E-state index in [0.717, 1.165) is 18.8 Å². The van der Waals surface area contributed by atoms with Crippen molar-refractivity contribution < 1.29 is 4.92 Å². The van der Waals surface area contributed by atoms with Crippen molar-refractivity contribution in [2.24, 2.45) is 0 Å². The van der Waals surface area contributed by atoms with Crippen LogP contribution < -0.4 is 9.80 Å². The van der Waals surface area contributed by atoms with Gasteiger partial charge in [0.1, 0.15) is 6.33 Å².